The average molecular weight is 546 g/mol. The molecular formula is C25H27N3O9S. The third-order valence-corrected chi connectivity index (χ3v) is 7.92. The number of phenolic OH excluding ortho intramolecular Hbond substituents is 1. The summed E-state index contributed by atoms with van der Waals surface area (Å²) in [6.07, 6.45) is 1.01. The highest BCUT2D eigenvalue weighted by molar-refractivity contribution is 7.88. The van der Waals surface area contributed by atoms with Crippen LogP contribution in [0.3, 0.4) is 0 Å². The van der Waals surface area contributed by atoms with Crippen LogP contribution in [0.2, 0.25) is 0 Å². The van der Waals surface area contributed by atoms with E-state index < -0.39 is 73.8 Å². The molecule has 7 N–H and O–H groups in total. The highest BCUT2D eigenvalue weighted by Crippen LogP contribution is 2.52. The molecular weight excluding hydrogens is 518 g/mol. The normalized spacial score (nSPS) is 26.9. The molecule has 0 radical (unpaired) electrons. The van der Waals surface area contributed by atoms with Crippen molar-refractivity contribution in [2.24, 2.45) is 17.6 Å². The molecule has 0 bridgehead atoms. The fraction of sp³-hybridized carbons (Fsp3) is 0.400. The van der Waals surface area contributed by atoms with E-state index in [1.165, 1.54) is 17.0 Å². The first-order valence-corrected chi connectivity index (χ1v) is 13.4. The Hall–Kier alpha value is -3.70. The molecule has 0 spiro atoms. The molecule has 0 saturated carbocycles. The summed E-state index contributed by atoms with van der Waals surface area (Å²) in [7, 11) is -0.380. The van der Waals surface area contributed by atoms with Gasteiger partial charge in [0.2, 0.25) is 15.8 Å². The number of Topliss-reactive ketones (excluding diaryl/α,β-unsaturated/α-hetero) is 2. The fourth-order valence-electron chi connectivity index (χ4n) is 5.67. The number of aliphatic hydroxyl groups is 3. The molecule has 0 heterocycles. The minimum absolute atomic E-state index is 0.0517. The number of ketones is 2. The summed E-state index contributed by atoms with van der Waals surface area (Å²) >= 11 is 0. The second kappa shape index (κ2) is 9.25. The first-order valence-electron chi connectivity index (χ1n) is 11.5. The SMILES string of the molecule is CN(C)[C@@H]1C(O)=C(C(N)=O)C(=O)[C@]2(O)C(O)=C3C(=O)c4c(O)ccc(C#CCNS(C)(=O)=O)c4C[C@@H]3C[C@@H]12. The molecule has 0 aromatic heterocycles. The van der Waals surface area contributed by atoms with Gasteiger partial charge >= 0.3 is 0 Å². The molecule has 3 aliphatic rings. The maximum Gasteiger partial charge on any atom is 0.255 e. The molecule has 0 aliphatic heterocycles. The molecule has 4 atom stereocenters. The number of benzene rings is 1. The Morgan fingerprint density at radius 2 is 1.89 bits per heavy atom. The molecule has 4 rings (SSSR count). The van der Waals surface area contributed by atoms with Crippen LogP contribution < -0.4 is 10.5 Å². The van der Waals surface area contributed by atoms with Crippen molar-refractivity contribution in [1.82, 2.24) is 9.62 Å². The maximum atomic E-state index is 13.6. The topological polar surface area (TPSA) is 208 Å². The van der Waals surface area contributed by atoms with E-state index in [0.717, 1.165) is 6.26 Å². The Labute approximate surface area is 218 Å². The van der Waals surface area contributed by atoms with E-state index in [0.29, 0.717) is 11.1 Å². The number of nitrogens with one attached hydrogen (secondary N) is 1. The number of rotatable bonds is 4. The van der Waals surface area contributed by atoms with E-state index in [9.17, 15) is 43.2 Å². The van der Waals surface area contributed by atoms with Crippen molar-refractivity contribution < 1.29 is 43.2 Å². The smallest absolute Gasteiger partial charge is 0.255 e. The molecule has 38 heavy (non-hydrogen) atoms. The number of fused-ring (bicyclic) bond motifs is 3. The molecule has 3 aliphatic carbocycles. The van der Waals surface area contributed by atoms with Gasteiger partial charge in [0.1, 0.15) is 22.8 Å². The van der Waals surface area contributed by atoms with Gasteiger partial charge in [-0.3, -0.25) is 19.3 Å². The number of primary amides is 1. The van der Waals surface area contributed by atoms with E-state index in [-0.39, 0.29) is 30.5 Å². The zero-order valence-electron chi connectivity index (χ0n) is 20.8. The summed E-state index contributed by atoms with van der Waals surface area (Å²) in [5.41, 5.74) is 1.99. The summed E-state index contributed by atoms with van der Waals surface area (Å²) in [4.78, 5) is 40.4. The van der Waals surface area contributed by atoms with Gasteiger partial charge in [-0.1, -0.05) is 11.8 Å². The lowest BCUT2D eigenvalue weighted by atomic mass is 9.58. The second-order valence-electron chi connectivity index (χ2n) is 9.84. The van der Waals surface area contributed by atoms with Crippen LogP contribution in [-0.2, 0) is 26.0 Å². The van der Waals surface area contributed by atoms with Crippen molar-refractivity contribution in [1.29, 1.82) is 0 Å². The standard InChI is InChI=1S/C25H27N3O9S/c1-28(2)19-14-10-12-9-13-11(5-4-8-27-38(3,36)37)6-7-15(29)17(13)20(30)16(12)22(32)25(14,35)23(33)18(21(19)31)24(26)34/h6-7,12,14,19,27,29,31-32,35H,8-10H2,1-3H3,(H2,26,34)/t12-,14+,19+,25-/m1/s1. The van der Waals surface area contributed by atoms with E-state index in [2.05, 4.69) is 16.6 Å². The predicted octanol–water partition coefficient (Wildman–Crippen LogP) is -0.979. The molecule has 0 unspecified atom stereocenters. The minimum atomic E-state index is -3.47. The third kappa shape index (κ3) is 4.15. The van der Waals surface area contributed by atoms with Gasteiger partial charge in [-0.15, -0.1) is 0 Å². The largest absolute Gasteiger partial charge is 0.510 e. The Morgan fingerprint density at radius 1 is 1.24 bits per heavy atom. The number of carbonyl (C=O) groups is 3. The second-order valence-corrected chi connectivity index (χ2v) is 11.7. The predicted molar refractivity (Wildman–Crippen MR) is 133 cm³/mol. The summed E-state index contributed by atoms with van der Waals surface area (Å²) in [6.45, 7) is -0.187. The summed E-state index contributed by atoms with van der Waals surface area (Å²) in [5.74, 6) is -1.87. The van der Waals surface area contributed by atoms with E-state index in [1.807, 2.05) is 0 Å². The van der Waals surface area contributed by atoms with E-state index in [4.69, 9.17) is 5.73 Å². The van der Waals surface area contributed by atoms with Crippen LogP contribution in [0.15, 0.2) is 34.8 Å². The zero-order valence-corrected chi connectivity index (χ0v) is 21.6. The van der Waals surface area contributed by atoms with Crippen LogP contribution >= 0.6 is 0 Å². The van der Waals surface area contributed by atoms with Crippen molar-refractivity contribution in [2.45, 2.75) is 24.5 Å². The Balaban J connectivity index is 1.87. The summed E-state index contributed by atoms with van der Waals surface area (Å²) in [6, 6.07) is 1.61. The van der Waals surface area contributed by atoms with Crippen LogP contribution in [0.1, 0.15) is 27.9 Å². The minimum Gasteiger partial charge on any atom is -0.510 e. The molecule has 0 fully saturated rings. The average Bonchev–Trinajstić information content (AvgIpc) is 2.79. The molecule has 1 aromatic carbocycles. The molecule has 0 saturated heterocycles. The number of phenols is 1. The number of hydrogen-bond donors (Lipinski definition) is 6. The highest BCUT2D eigenvalue weighted by Gasteiger charge is 2.63. The number of aliphatic hydroxyl groups excluding tert-OH is 2. The van der Waals surface area contributed by atoms with Gasteiger partial charge in [-0.2, -0.15) is 0 Å². The van der Waals surface area contributed by atoms with Crippen LogP contribution in [0.5, 0.6) is 5.75 Å². The third-order valence-electron chi connectivity index (χ3n) is 7.25. The van der Waals surface area contributed by atoms with Gasteiger partial charge in [-0.25, -0.2) is 13.1 Å². The first-order chi connectivity index (χ1) is 17.6. The number of allylic oxidation sites excluding steroid dienone is 1. The molecule has 202 valence electrons. The lowest BCUT2D eigenvalue weighted by Crippen LogP contribution is -2.63. The van der Waals surface area contributed by atoms with Gasteiger partial charge in [0.25, 0.3) is 5.91 Å². The van der Waals surface area contributed by atoms with Crippen LogP contribution in [0.25, 0.3) is 0 Å². The van der Waals surface area contributed by atoms with Crippen molar-refractivity contribution in [3.05, 3.63) is 51.5 Å². The lowest BCUT2D eigenvalue weighted by Gasteiger charge is -2.50. The maximum absolute atomic E-state index is 13.6. The van der Waals surface area contributed by atoms with Gasteiger partial charge in [0, 0.05) is 17.1 Å². The van der Waals surface area contributed by atoms with Crippen LogP contribution in [0, 0.1) is 23.7 Å². The molecule has 1 amide bonds. The number of sulfonamides is 1. The zero-order chi connectivity index (χ0) is 28.3. The van der Waals surface area contributed by atoms with Gasteiger partial charge < -0.3 is 26.2 Å². The highest BCUT2D eigenvalue weighted by atomic mass is 32.2. The molecule has 13 heteroatoms. The number of hydrogen-bond acceptors (Lipinski definition) is 10. The van der Waals surface area contributed by atoms with Gasteiger partial charge in [-0.05, 0) is 50.6 Å². The van der Waals surface area contributed by atoms with Crippen molar-refractivity contribution >= 4 is 27.5 Å². The van der Waals surface area contributed by atoms with E-state index >= 15 is 0 Å². The van der Waals surface area contributed by atoms with Crippen molar-refractivity contribution in [2.75, 3.05) is 26.9 Å². The van der Waals surface area contributed by atoms with Crippen molar-refractivity contribution in [3.63, 3.8) is 0 Å². The summed E-state index contributed by atoms with van der Waals surface area (Å²) < 4.78 is 24.8. The quantitative estimate of drug-likeness (QED) is 0.201. The van der Waals surface area contributed by atoms with Gasteiger partial charge in [0.05, 0.1) is 24.4 Å². The monoisotopic (exact) mass is 545 g/mol. The van der Waals surface area contributed by atoms with Crippen LogP contribution in [0.4, 0.5) is 0 Å². The number of carbonyl (C=O) groups excluding carboxylic acids is 3. The van der Waals surface area contributed by atoms with Gasteiger partial charge in [0.15, 0.2) is 11.4 Å². The number of aromatic hydroxyl groups is 1. The number of amides is 1. The van der Waals surface area contributed by atoms with Crippen molar-refractivity contribution in [3.8, 4) is 17.6 Å². The Morgan fingerprint density at radius 3 is 2.47 bits per heavy atom. The lowest BCUT2D eigenvalue weighted by molar-refractivity contribution is -0.148. The number of nitrogens with zero attached hydrogens (tertiary/aromatic N) is 1. The number of likely N-dealkylation sites (N-methyl/N-ethyl adjacent to an activating group) is 1. The van der Waals surface area contributed by atoms with E-state index in [1.54, 1.807) is 14.1 Å². The molecule has 1 aromatic rings. The Kier molecular flexibility index (Phi) is 6.65. The number of nitrogens with two attached hydrogens (primary N) is 1. The fourth-order valence-corrected chi connectivity index (χ4v) is 6.01. The van der Waals surface area contributed by atoms with Crippen LogP contribution in [-0.4, -0.2) is 89.8 Å². The molecule has 12 nitrogen and oxygen atoms in total. The first kappa shape index (κ1) is 27.3. The summed E-state index contributed by atoms with van der Waals surface area (Å²) in [5, 5.41) is 44.2. The Bertz CT molecular complexity index is 1510.